The number of hydrogen-bond acceptors (Lipinski definition) is 5. The molecule has 0 bridgehead atoms. The predicted octanol–water partition coefficient (Wildman–Crippen LogP) is 4.11. The van der Waals surface area contributed by atoms with Crippen molar-refractivity contribution in [3.8, 4) is 11.3 Å². The summed E-state index contributed by atoms with van der Waals surface area (Å²) in [6.45, 7) is -0.776. The number of rotatable bonds is 4. The van der Waals surface area contributed by atoms with Gasteiger partial charge in [0.25, 0.3) is 5.91 Å². The average molecular weight is 579 g/mol. The van der Waals surface area contributed by atoms with Gasteiger partial charge in [-0.05, 0) is 18.2 Å². The minimum atomic E-state index is -4.87. The highest BCUT2D eigenvalue weighted by molar-refractivity contribution is 6.33. The Morgan fingerprint density at radius 2 is 1.85 bits per heavy atom. The van der Waals surface area contributed by atoms with Crippen molar-refractivity contribution in [1.82, 2.24) is 24.8 Å². The number of nitrogens with zero attached hydrogens (tertiary/aromatic N) is 4. The van der Waals surface area contributed by atoms with Crippen LogP contribution in [0.15, 0.2) is 24.5 Å². The number of carbonyl (C=O) groups excluding carboxylic acids is 2. The minimum Gasteiger partial charge on any atom is -0.382 e. The van der Waals surface area contributed by atoms with Gasteiger partial charge in [-0.15, -0.1) is 0 Å². The molecule has 2 fully saturated rings. The van der Waals surface area contributed by atoms with E-state index in [1.807, 2.05) is 0 Å². The van der Waals surface area contributed by atoms with Crippen LogP contribution in [0.4, 0.5) is 36.6 Å². The first kappa shape index (κ1) is 27.0. The highest BCUT2D eigenvalue weighted by atomic mass is 35.5. The minimum absolute atomic E-state index is 0.210. The summed E-state index contributed by atoms with van der Waals surface area (Å²) in [5, 5.41) is 5.69. The van der Waals surface area contributed by atoms with Crippen molar-refractivity contribution in [2.24, 2.45) is 5.92 Å². The van der Waals surface area contributed by atoms with Gasteiger partial charge >= 0.3 is 6.18 Å². The number of fused-ring (bicyclic) bond motifs is 1. The van der Waals surface area contributed by atoms with Crippen LogP contribution in [0.25, 0.3) is 16.8 Å². The summed E-state index contributed by atoms with van der Waals surface area (Å²) in [6.07, 6.45) is -7.02. The number of carbonyl (C=O) groups is 2. The lowest BCUT2D eigenvalue weighted by molar-refractivity contribution is -0.159. The topological polar surface area (TPSA) is 106 Å². The van der Waals surface area contributed by atoms with Crippen LogP contribution in [0, 0.1) is 11.7 Å². The van der Waals surface area contributed by atoms with Crippen molar-refractivity contribution in [2.45, 2.75) is 37.2 Å². The van der Waals surface area contributed by atoms with Gasteiger partial charge < -0.3 is 16.0 Å². The third-order valence-electron chi connectivity index (χ3n) is 6.78. The molecule has 2 amide bonds. The van der Waals surface area contributed by atoms with Gasteiger partial charge in [-0.3, -0.25) is 9.59 Å². The number of aromatic nitrogens is 3. The molecular formula is C23H18ClF7N6O2. The fourth-order valence-corrected chi connectivity index (χ4v) is 5.06. The summed E-state index contributed by atoms with van der Waals surface area (Å²) < 4.78 is 97.5. The summed E-state index contributed by atoms with van der Waals surface area (Å²) in [5.41, 5.74) is 2.71. The van der Waals surface area contributed by atoms with Crippen molar-refractivity contribution in [3.63, 3.8) is 0 Å². The fourth-order valence-electron chi connectivity index (χ4n) is 4.82. The molecule has 2 aliphatic rings. The van der Waals surface area contributed by atoms with E-state index >= 15 is 0 Å². The molecule has 1 aliphatic heterocycles. The Morgan fingerprint density at radius 3 is 2.49 bits per heavy atom. The molecular weight excluding hydrogens is 561 g/mol. The van der Waals surface area contributed by atoms with Crippen LogP contribution in [-0.2, 0) is 11.0 Å². The van der Waals surface area contributed by atoms with Crippen molar-refractivity contribution >= 4 is 34.7 Å². The molecule has 0 spiro atoms. The van der Waals surface area contributed by atoms with Crippen molar-refractivity contribution in [1.29, 1.82) is 0 Å². The van der Waals surface area contributed by atoms with E-state index in [0.717, 1.165) is 21.8 Å². The van der Waals surface area contributed by atoms with Gasteiger partial charge in [0.2, 0.25) is 11.8 Å². The maximum atomic E-state index is 14.8. The normalized spacial score (nSPS) is 21.3. The molecule has 1 saturated heterocycles. The summed E-state index contributed by atoms with van der Waals surface area (Å²) in [5.74, 6) is -7.33. The molecule has 3 N–H and O–H groups in total. The first-order valence-electron chi connectivity index (χ1n) is 11.5. The zero-order chi connectivity index (χ0) is 28.4. The van der Waals surface area contributed by atoms with Gasteiger partial charge in [-0.1, -0.05) is 11.6 Å². The standard InChI is InChI=1S/C23H18ClF7N6O2/c24-13-3-14(25)11(1-10(13)17-2-12(23(29,30)31)18-19(32)33-8-34-37(17)18)20(38)35-16-7-36(6-15(16)26)21(39)9-4-22(27,28)5-9/h1-3,8-9,15-16H,4-7H2,(H,35,38)(H2,32,33,34)/t15-,16+/m0/s1. The quantitative estimate of drug-likeness (QED) is 0.453. The van der Waals surface area contributed by atoms with E-state index in [1.165, 1.54) is 0 Å². The SMILES string of the molecule is Nc1ncnn2c(-c3cc(C(=O)N[C@@H]4CN(C(=O)C5CC(F)(F)C5)C[C@@H]4F)c(F)cc3Cl)cc(C(F)(F)F)c12. The molecule has 1 aliphatic carbocycles. The van der Waals surface area contributed by atoms with Crippen molar-refractivity contribution in [2.75, 3.05) is 18.8 Å². The zero-order valence-electron chi connectivity index (χ0n) is 19.6. The number of nitrogens with one attached hydrogen (secondary N) is 1. The van der Waals surface area contributed by atoms with Crippen LogP contribution >= 0.6 is 11.6 Å². The largest absolute Gasteiger partial charge is 0.418 e. The lowest BCUT2D eigenvalue weighted by Gasteiger charge is -2.36. The van der Waals surface area contributed by atoms with E-state index in [9.17, 15) is 40.3 Å². The maximum absolute atomic E-state index is 14.8. The Labute approximate surface area is 219 Å². The smallest absolute Gasteiger partial charge is 0.382 e. The molecule has 8 nitrogen and oxygen atoms in total. The second kappa shape index (κ2) is 9.24. The monoisotopic (exact) mass is 578 g/mol. The number of likely N-dealkylation sites (tertiary alicyclic amines) is 1. The van der Waals surface area contributed by atoms with Crippen LogP contribution in [0.1, 0.15) is 28.8 Å². The Morgan fingerprint density at radius 1 is 1.15 bits per heavy atom. The van der Waals surface area contributed by atoms with Crippen molar-refractivity contribution in [3.05, 3.63) is 46.5 Å². The second-order valence-electron chi connectivity index (χ2n) is 9.46. The third-order valence-corrected chi connectivity index (χ3v) is 7.09. The van der Waals surface area contributed by atoms with E-state index in [-0.39, 0.29) is 22.8 Å². The van der Waals surface area contributed by atoms with Crippen LogP contribution in [0.2, 0.25) is 5.02 Å². The van der Waals surface area contributed by atoms with Crippen molar-refractivity contribution < 1.29 is 40.3 Å². The maximum Gasteiger partial charge on any atom is 0.418 e. The van der Waals surface area contributed by atoms with Gasteiger partial charge in [-0.25, -0.2) is 27.1 Å². The molecule has 3 aromatic rings. The number of amides is 2. The molecule has 3 heterocycles. The van der Waals surface area contributed by atoms with E-state index in [4.69, 9.17) is 17.3 Å². The number of alkyl halides is 6. The van der Waals surface area contributed by atoms with E-state index in [2.05, 4.69) is 15.4 Å². The van der Waals surface area contributed by atoms with Gasteiger partial charge in [0.15, 0.2) is 5.82 Å². The van der Waals surface area contributed by atoms with Crippen LogP contribution < -0.4 is 11.1 Å². The van der Waals surface area contributed by atoms with E-state index in [0.29, 0.717) is 12.1 Å². The summed E-state index contributed by atoms with van der Waals surface area (Å²) in [7, 11) is 0. The lowest BCUT2D eigenvalue weighted by Crippen LogP contribution is -2.47. The number of nitrogen functional groups attached to an aromatic ring is 1. The van der Waals surface area contributed by atoms with Crippen LogP contribution in [-0.4, -0.2) is 62.5 Å². The first-order valence-corrected chi connectivity index (χ1v) is 11.8. The second-order valence-corrected chi connectivity index (χ2v) is 9.87. The van der Waals surface area contributed by atoms with Gasteiger partial charge in [0.1, 0.15) is 23.8 Å². The zero-order valence-corrected chi connectivity index (χ0v) is 20.3. The summed E-state index contributed by atoms with van der Waals surface area (Å²) in [6, 6.07) is 0.980. The van der Waals surface area contributed by atoms with Gasteiger partial charge in [0, 0.05) is 30.9 Å². The van der Waals surface area contributed by atoms with Gasteiger partial charge in [-0.2, -0.15) is 18.3 Å². The predicted molar refractivity (Wildman–Crippen MR) is 123 cm³/mol. The number of anilines is 1. The number of halogens is 8. The summed E-state index contributed by atoms with van der Waals surface area (Å²) >= 11 is 6.12. The highest BCUT2D eigenvalue weighted by Gasteiger charge is 2.51. The molecule has 0 radical (unpaired) electrons. The fraction of sp³-hybridized carbons (Fsp3) is 0.391. The molecule has 39 heavy (non-hydrogen) atoms. The number of benzene rings is 1. The summed E-state index contributed by atoms with van der Waals surface area (Å²) in [4.78, 5) is 29.9. The molecule has 0 unspecified atom stereocenters. The Bertz CT molecular complexity index is 1490. The molecule has 1 saturated carbocycles. The molecule has 2 aromatic heterocycles. The molecule has 5 rings (SSSR count). The Kier molecular flexibility index (Phi) is 6.39. The number of hydrogen-bond donors (Lipinski definition) is 2. The highest BCUT2D eigenvalue weighted by Crippen LogP contribution is 2.44. The van der Waals surface area contributed by atoms with E-state index < -0.39 is 89.7 Å². The van der Waals surface area contributed by atoms with E-state index in [1.54, 1.807) is 0 Å². The molecule has 208 valence electrons. The Hall–Kier alpha value is -3.62. The Balaban J connectivity index is 1.42. The van der Waals surface area contributed by atoms with Gasteiger partial charge in [0.05, 0.1) is 34.4 Å². The lowest BCUT2D eigenvalue weighted by atomic mass is 9.80. The average Bonchev–Trinajstić information content (AvgIpc) is 3.39. The van der Waals surface area contributed by atoms with Crippen LogP contribution in [0.3, 0.4) is 0 Å². The molecule has 1 aromatic carbocycles. The number of nitrogens with two attached hydrogens (primary N) is 1. The molecule has 2 atom stereocenters. The first-order chi connectivity index (χ1) is 18.2. The van der Waals surface area contributed by atoms with Crippen LogP contribution in [0.5, 0.6) is 0 Å². The molecule has 16 heteroatoms. The third kappa shape index (κ3) is 4.83.